The van der Waals surface area contributed by atoms with E-state index in [1.54, 1.807) is 18.2 Å². The summed E-state index contributed by atoms with van der Waals surface area (Å²) < 4.78 is 14.0. The Hall–Kier alpha value is -1.66. The lowest BCUT2D eigenvalue weighted by molar-refractivity contribution is -0.136. The zero-order chi connectivity index (χ0) is 17.4. The number of fused-ring (bicyclic) bond motifs is 1. The molecular formula is C19H25ClFN3O2. The Kier molecular flexibility index (Phi) is 5.53. The molecule has 7 heteroatoms. The zero-order valence-electron chi connectivity index (χ0n) is 14.7. The highest BCUT2D eigenvalue weighted by molar-refractivity contribution is 6.02. The van der Waals surface area contributed by atoms with Gasteiger partial charge in [-0.15, -0.1) is 12.4 Å². The van der Waals surface area contributed by atoms with E-state index in [1.807, 2.05) is 0 Å². The van der Waals surface area contributed by atoms with Crippen LogP contribution in [0.2, 0.25) is 0 Å². The number of hydrogen-bond donors (Lipinski definition) is 2. The first-order chi connectivity index (χ1) is 12.1. The van der Waals surface area contributed by atoms with Gasteiger partial charge in [0.1, 0.15) is 11.9 Å². The predicted octanol–water partition coefficient (Wildman–Crippen LogP) is 2.25. The van der Waals surface area contributed by atoms with Crippen LogP contribution in [0.5, 0.6) is 0 Å². The lowest BCUT2D eigenvalue weighted by atomic mass is 9.67. The number of rotatable bonds is 3. The molecule has 5 nitrogen and oxygen atoms in total. The molecule has 2 N–H and O–H groups in total. The molecule has 2 aliphatic heterocycles. The summed E-state index contributed by atoms with van der Waals surface area (Å²) in [5.74, 6) is -0.265. The molecule has 0 radical (unpaired) electrons. The van der Waals surface area contributed by atoms with Crippen molar-refractivity contribution in [3.05, 3.63) is 30.1 Å². The van der Waals surface area contributed by atoms with Crippen molar-refractivity contribution in [1.29, 1.82) is 0 Å². The average Bonchev–Trinajstić information content (AvgIpc) is 3.21. The van der Waals surface area contributed by atoms with Gasteiger partial charge in [0, 0.05) is 13.1 Å². The van der Waals surface area contributed by atoms with Crippen LogP contribution in [-0.4, -0.2) is 37.5 Å². The van der Waals surface area contributed by atoms with Gasteiger partial charge in [0.15, 0.2) is 0 Å². The third kappa shape index (κ3) is 3.09. The number of nitrogens with zero attached hydrogens (tertiary/aromatic N) is 1. The number of carbonyl (C=O) groups excluding carboxylic acids is 2. The molecule has 1 aliphatic carbocycles. The van der Waals surface area contributed by atoms with Crippen LogP contribution < -0.4 is 15.5 Å². The first-order valence-electron chi connectivity index (χ1n) is 9.19. The van der Waals surface area contributed by atoms with Crippen molar-refractivity contribution >= 4 is 29.9 Å². The second-order valence-electron chi connectivity index (χ2n) is 7.49. The normalized spacial score (nSPS) is 30.7. The number of hydrogen-bond acceptors (Lipinski definition) is 3. The highest BCUT2D eigenvalue weighted by Crippen LogP contribution is 2.44. The van der Waals surface area contributed by atoms with E-state index in [0.29, 0.717) is 31.1 Å². The summed E-state index contributed by atoms with van der Waals surface area (Å²) in [6, 6.07) is 5.73. The second-order valence-corrected chi connectivity index (χ2v) is 7.49. The Morgan fingerprint density at radius 2 is 2.08 bits per heavy atom. The number of amides is 2. The lowest BCUT2D eigenvalue weighted by Gasteiger charge is -2.37. The van der Waals surface area contributed by atoms with Gasteiger partial charge in [-0.2, -0.15) is 0 Å². The van der Waals surface area contributed by atoms with E-state index in [9.17, 15) is 14.0 Å². The molecule has 1 saturated carbocycles. The van der Waals surface area contributed by atoms with Crippen molar-refractivity contribution in [2.75, 3.05) is 24.5 Å². The van der Waals surface area contributed by atoms with Crippen molar-refractivity contribution in [3.8, 4) is 0 Å². The molecule has 3 aliphatic rings. The van der Waals surface area contributed by atoms with Gasteiger partial charge in [-0.25, -0.2) is 4.39 Å². The van der Waals surface area contributed by atoms with Gasteiger partial charge >= 0.3 is 0 Å². The molecule has 1 aromatic carbocycles. The smallest absolute Gasteiger partial charge is 0.249 e. The summed E-state index contributed by atoms with van der Waals surface area (Å²) in [5.41, 5.74) is -0.0790. The number of benzene rings is 1. The lowest BCUT2D eigenvalue weighted by Crippen LogP contribution is -2.52. The summed E-state index contributed by atoms with van der Waals surface area (Å²) in [6.07, 6.45) is 4.71. The first-order valence-corrected chi connectivity index (χ1v) is 9.19. The van der Waals surface area contributed by atoms with Gasteiger partial charge in [0.2, 0.25) is 11.8 Å². The van der Waals surface area contributed by atoms with Crippen LogP contribution in [0.25, 0.3) is 0 Å². The topological polar surface area (TPSA) is 61.4 Å². The second kappa shape index (κ2) is 7.53. The van der Waals surface area contributed by atoms with Gasteiger partial charge in [-0.1, -0.05) is 25.0 Å². The molecule has 0 spiro atoms. The van der Waals surface area contributed by atoms with Crippen LogP contribution in [0.3, 0.4) is 0 Å². The van der Waals surface area contributed by atoms with Crippen molar-refractivity contribution in [3.63, 3.8) is 0 Å². The molecule has 2 heterocycles. The standard InChI is InChI=1S/C19H24FN3O2.ClH/c20-14-6-1-2-7-16(14)23-10-8-15(17(23)24)22-18(25)19-9-4-3-5-13(19)11-21-12-19;/h1-2,6-7,13,15,21H,3-5,8-12H2,(H,22,25);1H/t13-,15?,19+;/m0./s1. The molecule has 3 fully saturated rings. The van der Waals surface area contributed by atoms with Crippen LogP contribution in [-0.2, 0) is 9.59 Å². The van der Waals surface area contributed by atoms with E-state index in [4.69, 9.17) is 0 Å². The Bertz CT molecular complexity index is 701. The number of carbonyl (C=O) groups is 2. The number of nitrogens with one attached hydrogen (secondary N) is 2. The maximum absolute atomic E-state index is 14.0. The van der Waals surface area contributed by atoms with Crippen LogP contribution in [0, 0.1) is 17.2 Å². The quantitative estimate of drug-likeness (QED) is 0.844. The predicted molar refractivity (Wildman–Crippen MR) is 99.8 cm³/mol. The fraction of sp³-hybridized carbons (Fsp3) is 0.579. The van der Waals surface area contributed by atoms with E-state index in [1.165, 1.54) is 17.4 Å². The highest BCUT2D eigenvalue weighted by atomic mass is 35.5. The number of halogens is 2. The average molecular weight is 382 g/mol. The van der Waals surface area contributed by atoms with Crippen LogP contribution >= 0.6 is 12.4 Å². The van der Waals surface area contributed by atoms with E-state index in [-0.39, 0.29) is 29.6 Å². The Labute approximate surface area is 159 Å². The summed E-state index contributed by atoms with van der Waals surface area (Å²) in [6.45, 7) is 2.01. The largest absolute Gasteiger partial charge is 0.344 e. The molecular weight excluding hydrogens is 357 g/mol. The molecule has 3 atom stereocenters. The summed E-state index contributed by atoms with van der Waals surface area (Å²) >= 11 is 0. The van der Waals surface area contributed by atoms with E-state index >= 15 is 0 Å². The Morgan fingerprint density at radius 1 is 1.27 bits per heavy atom. The maximum atomic E-state index is 14.0. The molecule has 26 heavy (non-hydrogen) atoms. The van der Waals surface area contributed by atoms with E-state index in [0.717, 1.165) is 25.8 Å². The third-order valence-electron chi connectivity index (χ3n) is 6.14. The Balaban J connectivity index is 0.00000196. The molecule has 4 rings (SSSR count). The fourth-order valence-electron chi connectivity index (χ4n) is 4.72. The molecule has 1 unspecified atom stereocenters. The molecule has 0 bridgehead atoms. The molecule has 0 aromatic heterocycles. The molecule has 1 aromatic rings. The summed E-state index contributed by atoms with van der Waals surface area (Å²) in [5, 5.41) is 6.35. The Morgan fingerprint density at radius 3 is 2.88 bits per heavy atom. The maximum Gasteiger partial charge on any atom is 0.249 e. The number of anilines is 1. The van der Waals surface area contributed by atoms with Gasteiger partial charge in [0.05, 0.1) is 11.1 Å². The molecule has 2 amide bonds. The summed E-state index contributed by atoms with van der Waals surface area (Å²) in [7, 11) is 0. The van der Waals surface area contributed by atoms with Crippen LogP contribution in [0.15, 0.2) is 24.3 Å². The van der Waals surface area contributed by atoms with E-state index in [2.05, 4.69) is 10.6 Å². The minimum atomic E-state index is -0.551. The van der Waals surface area contributed by atoms with Crippen LogP contribution in [0.4, 0.5) is 10.1 Å². The SMILES string of the molecule is Cl.O=C1C(NC(=O)[C@@]23CCCC[C@H]2CNC3)CCN1c1ccccc1F. The minimum Gasteiger partial charge on any atom is -0.344 e. The van der Waals surface area contributed by atoms with Crippen molar-refractivity contribution in [2.24, 2.45) is 11.3 Å². The first kappa shape index (κ1) is 19.1. The molecule has 2 saturated heterocycles. The zero-order valence-corrected chi connectivity index (χ0v) is 15.5. The van der Waals surface area contributed by atoms with Gasteiger partial charge in [0.25, 0.3) is 0 Å². The molecule has 142 valence electrons. The van der Waals surface area contributed by atoms with Gasteiger partial charge in [-0.3, -0.25) is 9.59 Å². The van der Waals surface area contributed by atoms with Crippen molar-refractivity contribution in [2.45, 2.75) is 38.1 Å². The van der Waals surface area contributed by atoms with Gasteiger partial charge < -0.3 is 15.5 Å². The number of para-hydroxylation sites is 1. The van der Waals surface area contributed by atoms with Gasteiger partial charge in [-0.05, 0) is 43.9 Å². The summed E-state index contributed by atoms with van der Waals surface area (Å²) in [4.78, 5) is 27.2. The van der Waals surface area contributed by atoms with Crippen molar-refractivity contribution in [1.82, 2.24) is 10.6 Å². The fourth-order valence-corrected chi connectivity index (χ4v) is 4.72. The van der Waals surface area contributed by atoms with E-state index < -0.39 is 11.9 Å². The third-order valence-corrected chi connectivity index (χ3v) is 6.14. The van der Waals surface area contributed by atoms with Crippen LogP contribution in [0.1, 0.15) is 32.1 Å². The minimum absolute atomic E-state index is 0. The highest BCUT2D eigenvalue weighted by Gasteiger charge is 2.51. The van der Waals surface area contributed by atoms with Crippen molar-refractivity contribution < 1.29 is 14.0 Å². The monoisotopic (exact) mass is 381 g/mol.